The van der Waals surface area contributed by atoms with Crippen molar-refractivity contribution in [2.24, 2.45) is 0 Å². The molecule has 0 saturated carbocycles. The quantitative estimate of drug-likeness (QED) is 0.739. The van der Waals surface area contributed by atoms with E-state index in [4.69, 9.17) is 4.74 Å². The highest BCUT2D eigenvalue weighted by Crippen LogP contribution is 2.26. The molecule has 146 valence electrons. The molecular weight excluding hydrogens is 390 g/mol. The summed E-state index contributed by atoms with van der Waals surface area (Å²) in [6.45, 7) is 3.07. The summed E-state index contributed by atoms with van der Waals surface area (Å²) in [4.78, 5) is 26.5. The maximum atomic E-state index is 12.7. The number of hydrogen-bond acceptors (Lipinski definition) is 6. The summed E-state index contributed by atoms with van der Waals surface area (Å²) in [5.41, 5.74) is 0.590. The predicted molar refractivity (Wildman–Crippen MR) is 101 cm³/mol. The second-order valence-electron chi connectivity index (χ2n) is 6.69. The molecule has 2 aliphatic rings. The van der Waals surface area contributed by atoms with Gasteiger partial charge in [-0.1, -0.05) is 11.3 Å². The molecule has 3 heterocycles. The number of fused-ring (bicyclic) bond motifs is 1. The van der Waals surface area contributed by atoms with E-state index in [0.29, 0.717) is 49.6 Å². The van der Waals surface area contributed by atoms with Crippen molar-refractivity contribution in [3.8, 4) is 0 Å². The first-order valence-electron chi connectivity index (χ1n) is 8.96. The van der Waals surface area contributed by atoms with E-state index >= 15 is 0 Å². The lowest BCUT2D eigenvalue weighted by Crippen LogP contribution is -2.43. The van der Waals surface area contributed by atoms with Gasteiger partial charge in [-0.05, 0) is 31.0 Å². The molecule has 0 radical (unpaired) electrons. The van der Waals surface area contributed by atoms with Crippen LogP contribution in [0.2, 0.25) is 0 Å². The maximum absolute atomic E-state index is 12.7. The maximum Gasteiger partial charge on any atom is 0.308 e. The van der Waals surface area contributed by atoms with Gasteiger partial charge in [0, 0.05) is 26.2 Å². The Morgan fingerprint density at radius 3 is 2.52 bits per heavy atom. The van der Waals surface area contributed by atoms with E-state index in [0.717, 1.165) is 24.2 Å². The summed E-state index contributed by atoms with van der Waals surface area (Å²) >= 11 is 0.969. The average molecular weight is 412 g/mol. The van der Waals surface area contributed by atoms with Gasteiger partial charge in [-0.2, -0.15) is 4.31 Å². The van der Waals surface area contributed by atoms with E-state index in [1.807, 2.05) is 0 Å². The van der Waals surface area contributed by atoms with Crippen LogP contribution in [0.5, 0.6) is 0 Å². The van der Waals surface area contributed by atoms with Gasteiger partial charge >= 0.3 is 4.87 Å². The molecule has 4 rings (SSSR count). The summed E-state index contributed by atoms with van der Waals surface area (Å²) in [7, 11) is -3.53. The van der Waals surface area contributed by atoms with Crippen LogP contribution in [0.15, 0.2) is 27.9 Å². The van der Waals surface area contributed by atoms with Gasteiger partial charge in [-0.25, -0.2) is 8.42 Å². The fourth-order valence-electron chi connectivity index (χ4n) is 3.48. The lowest BCUT2D eigenvalue weighted by atomic mass is 10.3. The van der Waals surface area contributed by atoms with Crippen molar-refractivity contribution in [2.75, 3.05) is 39.4 Å². The number of hydrogen-bond donors (Lipinski definition) is 0. The molecule has 8 nitrogen and oxygen atoms in total. The Morgan fingerprint density at radius 1 is 1.11 bits per heavy atom. The second-order valence-corrected chi connectivity index (χ2v) is 9.62. The minimum atomic E-state index is -3.53. The zero-order valence-corrected chi connectivity index (χ0v) is 16.4. The number of thiazole rings is 1. The SMILES string of the molecule is O=C(Cn1c(=O)sc2cc(S(=O)(=O)N3CCCC3)ccc21)N1CCOCC1. The largest absolute Gasteiger partial charge is 0.378 e. The van der Waals surface area contributed by atoms with E-state index < -0.39 is 10.0 Å². The number of rotatable bonds is 4. The number of benzene rings is 1. The fraction of sp³-hybridized carbons (Fsp3) is 0.529. The van der Waals surface area contributed by atoms with Crippen LogP contribution in [-0.2, 0) is 26.1 Å². The highest BCUT2D eigenvalue weighted by atomic mass is 32.2. The Hall–Kier alpha value is -1.75. The van der Waals surface area contributed by atoms with E-state index in [1.165, 1.54) is 14.9 Å². The Kier molecular flexibility index (Phi) is 5.06. The Morgan fingerprint density at radius 2 is 1.81 bits per heavy atom. The molecule has 27 heavy (non-hydrogen) atoms. The first-order chi connectivity index (χ1) is 13.0. The molecule has 2 saturated heterocycles. The van der Waals surface area contributed by atoms with E-state index in [-0.39, 0.29) is 22.2 Å². The lowest BCUT2D eigenvalue weighted by molar-refractivity contribution is -0.135. The first-order valence-corrected chi connectivity index (χ1v) is 11.2. The first kappa shape index (κ1) is 18.6. The number of aromatic nitrogens is 1. The topological polar surface area (TPSA) is 88.9 Å². The van der Waals surface area contributed by atoms with Gasteiger partial charge in [0.25, 0.3) is 0 Å². The van der Waals surface area contributed by atoms with Gasteiger partial charge in [-0.15, -0.1) is 0 Å². The number of amides is 1. The van der Waals surface area contributed by atoms with Gasteiger partial charge in [0.2, 0.25) is 15.9 Å². The molecular formula is C17H21N3O5S2. The van der Waals surface area contributed by atoms with Crippen molar-refractivity contribution in [3.05, 3.63) is 27.9 Å². The molecule has 1 amide bonds. The summed E-state index contributed by atoms with van der Waals surface area (Å²) < 4.78 is 34.2. The second kappa shape index (κ2) is 7.34. The van der Waals surface area contributed by atoms with Crippen molar-refractivity contribution in [1.82, 2.24) is 13.8 Å². The third-order valence-electron chi connectivity index (χ3n) is 5.00. The fourth-order valence-corrected chi connectivity index (χ4v) is 6.03. The zero-order valence-electron chi connectivity index (χ0n) is 14.8. The van der Waals surface area contributed by atoms with Crippen molar-refractivity contribution in [3.63, 3.8) is 0 Å². The summed E-state index contributed by atoms with van der Waals surface area (Å²) in [5.74, 6) is -0.131. The van der Waals surface area contributed by atoms with Crippen LogP contribution in [0.3, 0.4) is 0 Å². The smallest absolute Gasteiger partial charge is 0.308 e. The molecule has 1 aromatic heterocycles. The minimum Gasteiger partial charge on any atom is -0.378 e. The Labute approximate surface area is 161 Å². The molecule has 0 bridgehead atoms. The summed E-state index contributed by atoms with van der Waals surface area (Å²) in [5, 5.41) is 0. The van der Waals surface area contributed by atoms with Gasteiger partial charge in [-0.3, -0.25) is 14.2 Å². The summed E-state index contributed by atoms with van der Waals surface area (Å²) in [6.07, 6.45) is 1.74. The number of carbonyl (C=O) groups excluding carboxylic acids is 1. The number of morpholine rings is 1. The van der Waals surface area contributed by atoms with Crippen molar-refractivity contribution < 1.29 is 17.9 Å². The van der Waals surface area contributed by atoms with Crippen LogP contribution in [-0.4, -0.2) is 67.5 Å². The minimum absolute atomic E-state index is 0.0446. The molecule has 0 unspecified atom stereocenters. The van der Waals surface area contributed by atoms with Gasteiger partial charge in [0.15, 0.2) is 0 Å². The predicted octanol–water partition coefficient (Wildman–Crippen LogP) is 0.706. The average Bonchev–Trinajstić information content (AvgIpc) is 3.31. The van der Waals surface area contributed by atoms with Crippen LogP contribution < -0.4 is 4.87 Å². The van der Waals surface area contributed by atoms with E-state index in [9.17, 15) is 18.0 Å². The normalized spacial score (nSPS) is 19.0. The zero-order chi connectivity index (χ0) is 19.0. The molecule has 10 heteroatoms. The van der Waals surface area contributed by atoms with Crippen LogP contribution in [0.4, 0.5) is 0 Å². The summed E-state index contributed by atoms with van der Waals surface area (Å²) in [6, 6.07) is 4.70. The van der Waals surface area contributed by atoms with Crippen LogP contribution in [0.1, 0.15) is 12.8 Å². The van der Waals surface area contributed by atoms with E-state index in [1.54, 1.807) is 17.0 Å². The van der Waals surface area contributed by atoms with Crippen molar-refractivity contribution in [2.45, 2.75) is 24.3 Å². The highest BCUT2D eigenvalue weighted by molar-refractivity contribution is 7.89. The Balaban J connectivity index is 1.63. The molecule has 2 fully saturated rings. The van der Waals surface area contributed by atoms with Crippen molar-refractivity contribution in [1.29, 1.82) is 0 Å². The lowest BCUT2D eigenvalue weighted by Gasteiger charge is -2.26. The van der Waals surface area contributed by atoms with Gasteiger partial charge in [0.05, 0.1) is 28.3 Å². The standard InChI is InChI=1S/C17H21N3O5S2/c21-16(18-7-9-25-10-8-18)12-20-14-4-3-13(11-15(14)26-17(20)22)27(23,24)19-5-1-2-6-19/h3-4,11H,1-2,5-10,12H2. The van der Waals surface area contributed by atoms with Crippen LogP contribution in [0.25, 0.3) is 10.2 Å². The number of ether oxygens (including phenoxy) is 1. The molecule has 2 aliphatic heterocycles. The monoisotopic (exact) mass is 411 g/mol. The van der Waals surface area contributed by atoms with E-state index in [2.05, 4.69) is 0 Å². The van der Waals surface area contributed by atoms with Gasteiger partial charge in [0.1, 0.15) is 6.54 Å². The van der Waals surface area contributed by atoms with Crippen LogP contribution >= 0.6 is 11.3 Å². The Bertz CT molecular complexity index is 1010. The molecule has 1 aromatic carbocycles. The van der Waals surface area contributed by atoms with Crippen LogP contribution in [0, 0.1) is 0 Å². The van der Waals surface area contributed by atoms with Crippen molar-refractivity contribution >= 4 is 37.5 Å². The third-order valence-corrected chi connectivity index (χ3v) is 7.84. The third kappa shape index (κ3) is 3.54. The molecule has 2 aromatic rings. The van der Waals surface area contributed by atoms with Gasteiger partial charge < -0.3 is 9.64 Å². The molecule has 0 aliphatic carbocycles. The molecule has 0 spiro atoms. The molecule has 0 N–H and O–H groups in total. The molecule has 0 atom stereocenters. The number of sulfonamides is 1. The highest BCUT2D eigenvalue weighted by Gasteiger charge is 2.28. The number of carbonyl (C=O) groups is 1. The number of nitrogens with zero attached hydrogens (tertiary/aromatic N) is 3.